The van der Waals surface area contributed by atoms with E-state index >= 15 is 0 Å². The molecule has 100 valence electrons. The molecular formula is C12H20F3NO. The maximum atomic E-state index is 12.4. The molecule has 0 radical (unpaired) electrons. The van der Waals surface area contributed by atoms with Gasteiger partial charge in [-0.05, 0) is 25.8 Å². The van der Waals surface area contributed by atoms with Crippen LogP contribution in [0.2, 0.25) is 0 Å². The number of nitrogens with zero attached hydrogens (tertiary/aromatic N) is 1. The molecule has 0 aromatic heterocycles. The molecule has 0 aromatic rings. The Hall–Kier alpha value is -0.580. The standard InChI is InChI=1S/C12H20F3NO/c1-2-7-16(9-12(13,14)15)8-11(10-17)5-3-4-6-11/h10H,2-9H2,1H3. The van der Waals surface area contributed by atoms with Gasteiger partial charge in [0, 0.05) is 12.0 Å². The van der Waals surface area contributed by atoms with Gasteiger partial charge in [0.2, 0.25) is 0 Å². The summed E-state index contributed by atoms with van der Waals surface area (Å²) in [6.45, 7) is 1.60. The Morgan fingerprint density at radius 2 is 1.88 bits per heavy atom. The molecule has 0 spiro atoms. The quantitative estimate of drug-likeness (QED) is 0.676. The van der Waals surface area contributed by atoms with Crippen molar-refractivity contribution in [2.45, 2.75) is 45.2 Å². The van der Waals surface area contributed by atoms with E-state index in [1.165, 1.54) is 4.90 Å². The van der Waals surface area contributed by atoms with Crippen LogP contribution in [-0.4, -0.2) is 37.0 Å². The lowest BCUT2D eigenvalue weighted by Gasteiger charge is -2.31. The summed E-state index contributed by atoms with van der Waals surface area (Å²) in [5.74, 6) is 0. The van der Waals surface area contributed by atoms with E-state index in [1.807, 2.05) is 6.92 Å². The number of carbonyl (C=O) groups excluding carboxylic acids is 1. The third-order valence-corrected chi connectivity index (χ3v) is 3.33. The number of rotatable bonds is 6. The number of halogens is 3. The van der Waals surface area contributed by atoms with Crippen LogP contribution in [0, 0.1) is 5.41 Å². The number of aldehydes is 1. The van der Waals surface area contributed by atoms with E-state index < -0.39 is 18.1 Å². The van der Waals surface area contributed by atoms with Gasteiger partial charge in [-0.1, -0.05) is 19.8 Å². The third kappa shape index (κ3) is 4.66. The van der Waals surface area contributed by atoms with Crippen molar-refractivity contribution in [1.29, 1.82) is 0 Å². The fourth-order valence-electron chi connectivity index (χ4n) is 2.62. The molecule has 5 heteroatoms. The molecule has 1 aliphatic carbocycles. The first-order valence-corrected chi connectivity index (χ1v) is 6.16. The van der Waals surface area contributed by atoms with Crippen LogP contribution < -0.4 is 0 Å². The molecule has 0 saturated heterocycles. The summed E-state index contributed by atoms with van der Waals surface area (Å²) >= 11 is 0. The lowest BCUT2D eigenvalue weighted by molar-refractivity contribution is -0.150. The average molecular weight is 251 g/mol. The lowest BCUT2D eigenvalue weighted by atomic mass is 9.87. The molecule has 1 saturated carbocycles. The monoisotopic (exact) mass is 251 g/mol. The summed E-state index contributed by atoms with van der Waals surface area (Å²) in [4.78, 5) is 12.5. The summed E-state index contributed by atoms with van der Waals surface area (Å²) in [6.07, 6.45) is 0.723. The number of hydrogen-bond acceptors (Lipinski definition) is 2. The minimum atomic E-state index is -4.18. The van der Waals surface area contributed by atoms with Crippen LogP contribution in [0.1, 0.15) is 39.0 Å². The van der Waals surface area contributed by atoms with E-state index in [0.717, 1.165) is 32.0 Å². The average Bonchev–Trinajstić information content (AvgIpc) is 2.65. The van der Waals surface area contributed by atoms with E-state index in [0.29, 0.717) is 13.0 Å². The summed E-state index contributed by atoms with van der Waals surface area (Å²) in [6, 6.07) is 0. The molecule has 2 nitrogen and oxygen atoms in total. The van der Waals surface area contributed by atoms with Crippen LogP contribution in [0.25, 0.3) is 0 Å². The Balaban J connectivity index is 2.61. The van der Waals surface area contributed by atoms with E-state index in [1.54, 1.807) is 0 Å². The molecule has 0 heterocycles. The zero-order chi connectivity index (χ0) is 12.9. The first-order chi connectivity index (χ1) is 7.91. The Kier molecular flexibility index (Phi) is 4.98. The highest BCUT2D eigenvalue weighted by atomic mass is 19.4. The van der Waals surface area contributed by atoms with Crippen molar-refractivity contribution >= 4 is 6.29 Å². The summed E-state index contributed by atoms with van der Waals surface area (Å²) in [5, 5.41) is 0. The minimum Gasteiger partial charge on any atom is -0.303 e. The molecule has 0 amide bonds. The highest BCUT2D eigenvalue weighted by Crippen LogP contribution is 2.37. The van der Waals surface area contributed by atoms with Crippen LogP contribution in [-0.2, 0) is 4.79 Å². The first-order valence-electron chi connectivity index (χ1n) is 6.16. The van der Waals surface area contributed by atoms with Gasteiger partial charge in [-0.3, -0.25) is 4.90 Å². The smallest absolute Gasteiger partial charge is 0.303 e. The van der Waals surface area contributed by atoms with Crippen molar-refractivity contribution in [3.8, 4) is 0 Å². The minimum absolute atomic E-state index is 0.254. The van der Waals surface area contributed by atoms with Crippen LogP contribution in [0.4, 0.5) is 13.2 Å². The Morgan fingerprint density at radius 1 is 1.29 bits per heavy atom. The molecular weight excluding hydrogens is 231 g/mol. The molecule has 0 aliphatic heterocycles. The molecule has 17 heavy (non-hydrogen) atoms. The number of hydrogen-bond donors (Lipinski definition) is 0. The Morgan fingerprint density at radius 3 is 2.29 bits per heavy atom. The van der Waals surface area contributed by atoms with Crippen LogP contribution >= 0.6 is 0 Å². The molecule has 1 rings (SSSR count). The van der Waals surface area contributed by atoms with Gasteiger partial charge >= 0.3 is 6.18 Å². The van der Waals surface area contributed by atoms with Gasteiger partial charge in [0.1, 0.15) is 6.29 Å². The predicted molar refractivity (Wildman–Crippen MR) is 59.8 cm³/mol. The number of carbonyl (C=O) groups is 1. The van der Waals surface area contributed by atoms with Gasteiger partial charge in [-0.2, -0.15) is 13.2 Å². The fourth-order valence-corrected chi connectivity index (χ4v) is 2.62. The highest BCUT2D eigenvalue weighted by Gasteiger charge is 2.38. The normalized spacial score (nSPS) is 19.8. The van der Waals surface area contributed by atoms with E-state index in [2.05, 4.69) is 0 Å². The van der Waals surface area contributed by atoms with Crippen molar-refractivity contribution in [2.24, 2.45) is 5.41 Å². The van der Waals surface area contributed by atoms with E-state index in [4.69, 9.17) is 0 Å². The second-order valence-electron chi connectivity index (χ2n) is 5.01. The maximum absolute atomic E-state index is 12.4. The topological polar surface area (TPSA) is 20.3 Å². The molecule has 0 unspecified atom stereocenters. The molecule has 0 N–H and O–H groups in total. The summed E-state index contributed by atoms with van der Waals surface area (Å²) in [5.41, 5.74) is -0.527. The van der Waals surface area contributed by atoms with Crippen LogP contribution in [0.5, 0.6) is 0 Å². The molecule has 0 atom stereocenters. The van der Waals surface area contributed by atoms with Crippen molar-refractivity contribution in [1.82, 2.24) is 4.90 Å². The lowest BCUT2D eigenvalue weighted by Crippen LogP contribution is -2.42. The largest absolute Gasteiger partial charge is 0.401 e. The van der Waals surface area contributed by atoms with Gasteiger partial charge in [0.15, 0.2) is 0 Å². The van der Waals surface area contributed by atoms with Crippen molar-refractivity contribution in [2.75, 3.05) is 19.6 Å². The van der Waals surface area contributed by atoms with Gasteiger partial charge in [-0.15, -0.1) is 0 Å². The van der Waals surface area contributed by atoms with Crippen molar-refractivity contribution in [3.63, 3.8) is 0 Å². The molecule has 1 aliphatic rings. The van der Waals surface area contributed by atoms with Gasteiger partial charge in [0.05, 0.1) is 6.54 Å². The maximum Gasteiger partial charge on any atom is 0.401 e. The number of alkyl halides is 3. The second kappa shape index (κ2) is 5.85. The Bertz CT molecular complexity index is 247. The molecule has 0 bridgehead atoms. The highest BCUT2D eigenvalue weighted by molar-refractivity contribution is 5.60. The van der Waals surface area contributed by atoms with Crippen LogP contribution in [0.3, 0.4) is 0 Å². The zero-order valence-electron chi connectivity index (χ0n) is 10.2. The van der Waals surface area contributed by atoms with Gasteiger partial charge < -0.3 is 4.79 Å². The second-order valence-corrected chi connectivity index (χ2v) is 5.01. The summed E-state index contributed by atoms with van der Waals surface area (Å²) in [7, 11) is 0. The van der Waals surface area contributed by atoms with Crippen LogP contribution in [0.15, 0.2) is 0 Å². The van der Waals surface area contributed by atoms with Crippen molar-refractivity contribution < 1.29 is 18.0 Å². The SMILES string of the molecule is CCCN(CC(F)(F)F)CC1(C=O)CCCC1. The Labute approximate surface area is 100 Å². The zero-order valence-corrected chi connectivity index (χ0v) is 10.2. The molecule has 0 aromatic carbocycles. The fraction of sp³-hybridized carbons (Fsp3) is 0.917. The predicted octanol–water partition coefficient (Wildman–Crippen LogP) is 3.02. The molecule has 1 fully saturated rings. The van der Waals surface area contributed by atoms with Gasteiger partial charge in [-0.25, -0.2) is 0 Å². The summed E-state index contributed by atoms with van der Waals surface area (Å²) < 4.78 is 37.2. The first kappa shape index (κ1) is 14.5. The van der Waals surface area contributed by atoms with Gasteiger partial charge in [0.25, 0.3) is 0 Å². The third-order valence-electron chi connectivity index (χ3n) is 3.33. The van der Waals surface area contributed by atoms with Crippen molar-refractivity contribution in [3.05, 3.63) is 0 Å². The van der Waals surface area contributed by atoms with E-state index in [-0.39, 0.29) is 6.54 Å². The van der Waals surface area contributed by atoms with E-state index in [9.17, 15) is 18.0 Å².